The lowest BCUT2D eigenvalue weighted by Crippen LogP contribution is -2.42. The maximum atomic E-state index is 12.0. The lowest BCUT2D eigenvalue weighted by atomic mass is 10.1. The molecule has 0 heterocycles. The van der Waals surface area contributed by atoms with Crippen molar-refractivity contribution in [2.75, 3.05) is 7.05 Å². The third-order valence-corrected chi connectivity index (χ3v) is 3.01. The summed E-state index contributed by atoms with van der Waals surface area (Å²) in [5, 5.41) is 9.00. The average molecular weight is 249 g/mol. The number of aliphatic carboxylic acids is 1. The van der Waals surface area contributed by atoms with Gasteiger partial charge in [0.2, 0.25) is 5.91 Å². The van der Waals surface area contributed by atoms with E-state index < -0.39 is 12.0 Å². The van der Waals surface area contributed by atoms with Crippen molar-refractivity contribution in [2.45, 2.75) is 32.7 Å². The summed E-state index contributed by atoms with van der Waals surface area (Å²) in [5.74, 6) is -1.13. The Labute approximate surface area is 107 Å². The van der Waals surface area contributed by atoms with Crippen LogP contribution < -0.4 is 0 Å². The molecule has 0 radical (unpaired) electrons. The Morgan fingerprint density at radius 3 is 2.28 bits per heavy atom. The summed E-state index contributed by atoms with van der Waals surface area (Å²) in [4.78, 5) is 24.3. The molecule has 0 aromatic heterocycles. The number of rotatable bonds is 5. The van der Waals surface area contributed by atoms with Crippen molar-refractivity contribution < 1.29 is 14.7 Å². The smallest absolute Gasteiger partial charge is 0.326 e. The number of nitrogens with zero attached hydrogens (tertiary/aromatic N) is 1. The first kappa shape index (κ1) is 14.2. The first-order valence-corrected chi connectivity index (χ1v) is 5.99. The van der Waals surface area contributed by atoms with E-state index in [2.05, 4.69) is 0 Å². The lowest BCUT2D eigenvalue weighted by Gasteiger charge is -2.23. The molecule has 0 saturated carbocycles. The van der Waals surface area contributed by atoms with Gasteiger partial charge in [0, 0.05) is 7.05 Å². The summed E-state index contributed by atoms with van der Waals surface area (Å²) in [6, 6.07) is 6.92. The number of likely N-dealkylation sites (N-methyl/N-ethyl adjacent to an activating group) is 1. The fourth-order valence-electron chi connectivity index (χ4n) is 1.79. The minimum absolute atomic E-state index is 0.173. The molecule has 98 valence electrons. The highest BCUT2D eigenvalue weighted by Crippen LogP contribution is 2.08. The van der Waals surface area contributed by atoms with Crippen molar-refractivity contribution in [2.24, 2.45) is 0 Å². The number of amides is 1. The first-order valence-electron chi connectivity index (χ1n) is 5.99. The highest BCUT2D eigenvalue weighted by atomic mass is 16.4. The molecule has 0 aliphatic heterocycles. The van der Waals surface area contributed by atoms with Gasteiger partial charge < -0.3 is 10.0 Å². The Hall–Kier alpha value is -1.84. The molecule has 0 aliphatic rings. The molecule has 1 aromatic rings. The highest BCUT2D eigenvalue weighted by Gasteiger charge is 2.24. The van der Waals surface area contributed by atoms with E-state index in [1.165, 1.54) is 4.90 Å². The van der Waals surface area contributed by atoms with Gasteiger partial charge in [0.15, 0.2) is 0 Å². The van der Waals surface area contributed by atoms with Crippen LogP contribution in [0.5, 0.6) is 0 Å². The maximum absolute atomic E-state index is 12.0. The van der Waals surface area contributed by atoms with Crippen molar-refractivity contribution in [1.82, 2.24) is 4.90 Å². The quantitative estimate of drug-likeness (QED) is 0.866. The molecular formula is C14H19NO3. The third-order valence-electron chi connectivity index (χ3n) is 3.01. The second-order valence-corrected chi connectivity index (χ2v) is 4.43. The van der Waals surface area contributed by atoms with Crippen LogP contribution >= 0.6 is 0 Å². The monoisotopic (exact) mass is 249 g/mol. The molecule has 18 heavy (non-hydrogen) atoms. The van der Waals surface area contributed by atoms with Crippen LogP contribution in [0.1, 0.15) is 24.5 Å². The Morgan fingerprint density at radius 1 is 1.28 bits per heavy atom. The van der Waals surface area contributed by atoms with Crippen molar-refractivity contribution in [3.8, 4) is 0 Å². The van der Waals surface area contributed by atoms with E-state index in [0.717, 1.165) is 11.1 Å². The topological polar surface area (TPSA) is 57.6 Å². The molecule has 1 unspecified atom stereocenters. The summed E-state index contributed by atoms with van der Waals surface area (Å²) in [7, 11) is 1.54. The highest BCUT2D eigenvalue weighted by molar-refractivity contribution is 5.84. The number of carboxylic acids is 1. The van der Waals surface area contributed by atoms with Gasteiger partial charge in [-0.3, -0.25) is 4.79 Å². The number of benzene rings is 1. The predicted octanol–water partition coefficient (Wildman–Crippen LogP) is 1.86. The van der Waals surface area contributed by atoms with Gasteiger partial charge in [0.25, 0.3) is 0 Å². The zero-order valence-electron chi connectivity index (χ0n) is 11.0. The third kappa shape index (κ3) is 3.58. The standard InChI is InChI=1S/C14H19NO3/c1-4-12(14(17)18)15(3)13(16)9-11-7-5-10(2)6-8-11/h5-8,12H,4,9H2,1-3H3,(H,17,18). The summed E-state index contributed by atoms with van der Waals surface area (Å²) in [6.07, 6.45) is 0.645. The summed E-state index contributed by atoms with van der Waals surface area (Å²) < 4.78 is 0. The predicted molar refractivity (Wildman–Crippen MR) is 69.4 cm³/mol. The second-order valence-electron chi connectivity index (χ2n) is 4.43. The Balaban J connectivity index is 2.70. The zero-order valence-corrected chi connectivity index (χ0v) is 11.0. The molecule has 0 bridgehead atoms. The summed E-state index contributed by atoms with van der Waals surface area (Å²) in [6.45, 7) is 3.74. The lowest BCUT2D eigenvalue weighted by molar-refractivity contribution is -0.148. The number of carbonyl (C=O) groups is 2. The fraction of sp³-hybridized carbons (Fsp3) is 0.429. The van der Waals surface area contributed by atoms with E-state index in [1.54, 1.807) is 14.0 Å². The van der Waals surface area contributed by atoms with Crippen molar-refractivity contribution in [3.63, 3.8) is 0 Å². The normalized spacial score (nSPS) is 11.9. The molecule has 0 aliphatic carbocycles. The molecule has 1 amide bonds. The molecule has 4 heteroatoms. The van der Waals surface area contributed by atoms with E-state index >= 15 is 0 Å². The van der Waals surface area contributed by atoms with E-state index in [1.807, 2.05) is 31.2 Å². The van der Waals surface area contributed by atoms with E-state index in [9.17, 15) is 9.59 Å². The van der Waals surface area contributed by atoms with Gasteiger partial charge in [-0.1, -0.05) is 36.8 Å². The molecular weight excluding hydrogens is 230 g/mol. The first-order chi connectivity index (χ1) is 8.45. The zero-order chi connectivity index (χ0) is 13.7. The van der Waals surface area contributed by atoms with Gasteiger partial charge in [0.1, 0.15) is 6.04 Å². The molecule has 0 spiro atoms. The Morgan fingerprint density at radius 2 is 1.83 bits per heavy atom. The van der Waals surface area contributed by atoms with E-state index in [0.29, 0.717) is 6.42 Å². The van der Waals surface area contributed by atoms with Crippen molar-refractivity contribution in [3.05, 3.63) is 35.4 Å². The number of hydrogen-bond acceptors (Lipinski definition) is 2. The number of carbonyl (C=O) groups excluding carboxylic acids is 1. The van der Waals surface area contributed by atoms with Crippen LogP contribution in [-0.2, 0) is 16.0 Å². The second kappa shape index (κ2) is 6.19. The van der Waals surface area contributed by atoms with Crippen LogP contribution in [0.15, 0.2) is 24.3 Å². The minimum Gasteiger partial charge on any atom is -0.480 e. The van der Waals surface area contributed by atoms with Crippen LogP contribution in [0, 0.1) is 6.92 Å². The molecule has 1 rings (SSSR count). The maximum Gasteiger partial charge on any atom is 0.326 e. The van der Waals surface area contributed by atoms with Gasteiger partial charge in [0.05, 0.1) is 6.42 Å². The molecule has 4 nitrogen and oxygen atoms in total. The minimum atomic E-state index is -0.961. The van der Waals surface area contributed by atoms with Crippen LogP contribution in [0.3, 0.4) is 0 Å². The van der Waals surface area contributed by atoms with Crippen LogP contribution in [0.25, 0.3) is 0 Å². The van der Waals surface area contributed by atoms with Crippen molar-refractivity contribution in [1.29, 1.82) is 0 Å². The number of carboxylic acid groups (broad SMARTS) is 1. The summed E-state index contributed by atoms with van der Waals surface area (Å²) in [5.41, 5.74) is 2.04. The van der Waals surface area contributed by atoms with Crippen LogP contribution in [-0.4, -0.2) is 35.0 Å². The number of aryl methyl sites for hydroxylation is 1. The SMILES string of the molecule is CCC(C(=O)O)N(C)C(=O)Cc1ccc(C)cc1. The summed E-state index contributed by atoms with van der Waals surface area (Å²) >= 11 is 0. The van der Waals surface area contributed by atoms with E-state index in [-0.39, 0.29) is 12.3 Å². The van der Waals surface area contributed by atoms with Crippen LogP contribution in [0.2, 0.25) is 0 Å². The van der Waals surface area contributed by atoms with Crippen LogP contribution in [0.4, 0.5) is 0 Å². The van der Waals surface area contributed by atoms with Gasteiger partial charge in [-0.15, -0.1) is 0 Å². The fourth-order valence-corrected chi connectivity index (χ4v) is 1.79. The van der Waals surface area contributed by atoms with E-state index in [4.69, 9.17) is 5.11 Å². The Kier molecular flexibility index (Phi) is 4.89. The van der Waals surface area contributed by atoms with Gasteiger partial charge in [-0.05, 0) is 18.9 Å². The molecule has 0 saturated heterocycles. The molecule has 1 aromatic carbocycles. The van der Waals surface area contributed by atoms with Gasteiger partial charge >= 0.3 is 5.97 Å². The molecule has 1 atom stereocenters. The molecule has 1 N–H and O–H groups in total. The average Bonchev–Trinajstić information content (AvgIpc) is 2.32. The van der Waals surface area contributed by atoms with Gasteiger partial charge in [-0.2, -0.15) is 0 Å². The van der Waals surface area contributed by atoms with Gasteiger partial charge in [-0.25, -0.2) is 4.79 Å². The Bertz CT molecular complexity index is 425. The largest absolute Gasteiger partial charge is 0.480 e. The molecule has 0 fully saturated rings. The van der Waals surface area contributed by atoms with Crippen molar-refractivity contribution >= 4 is 11.9 Å². The number of hydrogen-bond donors (Lipinski definition) is 1.